The molecule has 17 heteroatoms. The molecule has 5 aromatic rings. The summed E-state index contributed by atoms with van der Waals surface area (Å²) in [6.45, 7) is 9.00. The number of hydrogen-bond donors (Lipinski definition) is 1. The average molecular weight is 822 g/mol. The van der Waals surface area contributed by atoms with E-state index in [1.54, 1.807) is 58.7 Å². The first kappa shape index (κ1) is 43.4. The molecule has 298 valence electrons. The molecular weight excluding hydrogens is 785 g/mol. The molecule has 2 heterocycles. The molecule has 56 heavy (non-hydrogen) atoms. The topological polar surface area (TPSA) is 119 Å². The predicted molar refractivity (Wildman–Crippen MR) is 200 cm³/mol. The maximum Gasteiger partial charge on any atom is 0.416 e. The van der Waals surface area contributed by atoms with Crippen LogP contribution in [0.1, 0.15) is 68.2 Å². The summed E-state index contributed by atoms with van der Waals surface area (Å²) in [5, 5.41) is 9.78. The lowest BCUT2D eigenvalue weighted by atomic mass is 10.1. The van der Waals surface area contributed by atoms with E-state index < -0.39 is 41.0 Å². The van der Waals surface area contributed by atoms with Gasteiger partial charge in [-0.2, -0.15) is 26.3 Å². The maximum atomic E-state index is 13.0. The molecule has 0 saturated carbocycles. The highest BCUT2D eigenvalue weighted by atomic mass is 32.1. The van der Waals surface area contributed by atoms with E-state index in [1.807, 2.05) is 12.1 Å². The van der Waals surface area contributed by atoms with Gasteiger partial charge < -0.3 is 19.5 Å². The van der Waals surface area contributed by atoms with Gasteiger partial charge in [-0.25, -0.2) is 19.6 Å². The fourth-order valence-electron chi connectivity index (χ4n) is 4.98. The van der Waals surface area contributed by atoms with Gasteiger partial charge in [-0.1, -0.05) is 36.4 Å². The zero-order valence-electron chi connectivity index (χ0n) is 31.0. The largest absolute Gasteiger partial charge is 0.477 e. The second-order valence-electron chi connectivity index (χ2n) is 12.8. The van der Waals surface area contributed by atoms with Crippen LogP contribution in [0.4, 0.5) is 26.3 Å². The molecule has 0 spiro atoms. The van der Waals surface area contributed by atoms with Crippen LogP contribution in [0.3, 0.4) is 0 Å². The lowest BCUT2D eigenvalue weighted by molar-refractivity contribution is -0.158. The minimum atomic E-state index is -4.41. The number of thiazole rings is 2. The third kappa shape index (κ3) is 11.2. The highest BCUT2D eigenvalue weighted by Gasteiger charge is 2.32. The highest BCUT2D eigenvalue weighted by Crippen LogP contribution is 2.35. The van der Waals surface area contributed by atoms with Gasteiger partial charge in [0.2, 0.25) is 0 Å². The molecular formula is C39H37F6N3O6S2. The number of benzene rings is 3. The summed E-state index contributed by atoms with van der Waals surface area (Å²) < 4.78 is 86.5. The molecule has 0 aliphatic heterocycles. The Hall–Kier alpha value is -5.29. The van der Waals surface area contributed by atoms with Crippen LogP contribution in [-0.4, -0.2) is 63.6 Å². The van der Waals surface area contributed by atoms with Gasteiger partial charge in [-0.05, 0) is 83.0 Å². The number of ether oxygens (including phenoxy) is 2. The monoisotopic (exact) mass is 821 g/mol. The van der Waals surface area contributed by atoms with E-state index in [4.69, 9.17) is 14.6 Å². The Balaban J connectivity index is 0.000000306. The molecule has 2 aromatic heterocycles. The first-order chi connectivity index (χ1) is 26.1. The Morgan fingerprint density at radius 2 is 1.18 bits per heavy atom. The summed E-state index contributed by atoms with van der Waals surface area (Å²) in [4.78, 5) is 46.5. The number of alkyl halides is 6. The van der Waals surface area contributed by atoms with Gasteiger partial charge in [0.25, 0.3) is 5.91 Å². The van der Waals surface area contributed by atoms with Crippen molar-refractivity contribution < 1.29 is 55.3 Å². The number of halogens is 6. The number of hydrogen-bond acceptors (Lipinski definition) is 9. The summed E-state index contributed by atoms with van der Waals surface area (Å²) in [7, 11) is 1.69. The van der Waals surface area contributed by atoms with Crippen molar-refractivity contribution in [3.05, 3.63) is 111 Å². The van der Waals surface area contributed by atoms with Crippen molar-refractivity contribution >= 4 is 40.5 Å². The number of aromatic carboxylic acids is 1. The molecule has 0 aliphatic carbocycles. The second kappa shape index (κ2) is 17.7. The fourth-order valence-corrected chi connectivity index (χ4v) is 6.95. The first-order valence-electron chi connectivity index (χ1n) is 16.8. The Morgan fingerprint density at radius 1 is 0.732 bits per heavy atom. The zero-order chi connectivity index (χ0) is 41.6. The van der Waals surface area contributed by atoms with Crippen molar-refractivity contribution in [1.29, 1.82) is 0 Å². The molecule has 0 atom stereocenters. The summed E-state index contributed by atoms with van der Waals surface area (Å²) in [6.07, 6.45) is -8.20. The summed E-state index contributed by atoms with van der Waals surface area (Å²) in [5.74, 6) is -1.21. The van der Waals surface area contributed by atoms with E-state index >= 15 is 0 Å². The maximum absolute atomic E-state index is 13.0. The smallest absolute Gasteiger partial charge is 0.416 e. The second-order valence-corrected chi connectivity index (χ2v) is 14.8. The minimum Gasteiger partial charge on any atom is -0.477 e. The molecule has 0 radical (unpaired) electrons. The quantitative estimate of drug-likeness (QED) is 0.103. The van der Waals surface area contributed by atoms with Crippen LogP contribution in [0.2, 0.25) is 0 Å². The van der Waals surface area contributed by atoms with Gasteiger partial charge in [-0.15, -0.1) is 22.7 Å². The number of nitrogens with zero attached hydrogens (tertiary/aromatic N) is 3. The number of amides is 1. The van der Waals surface area contributed by atoms with E-state index in [0.29, 0.717) is 56.1 Å². The third-order valence-corrected chi connectivity index (χ3v) is 10.4. The third-order valence-electron chi connectivity index (χ3n) is 8.05. The van der Waals surface area contributed by atoms with Gasteiger partial charge >= 0.3 is 24.3 Å². The molecule has 1 N–H and O–H groups in total. The highest BCUT2D eigenvalue weighted by molar-refractivity contribution is 7.17. The van der Waals surface area contributed by atoms with Crippen LogP contribution in [0, 0.1) is 13.8 Å². The standard InChI is InChI=1S/C27H29F3N2O4S.C12H8F3NO2S/c1-6-35-25(34)26(3,4)36-21-13-7-18(8-14-21)15-16-32(5)24(33)22-17(2)31-23(37-22)19-9-11-20(12-10-19)27(28,29)30;1-6-9(11(17)18)19-10(16-6)7-2-4-8(5-3-7)12(13,14)15/h7-14H,6,15-16H2,1-5H3;2-5H,1H3,(H,17,18). The molecule has 0 saturated heterocycles. The number of carboxylic acids is 1. The Morgan fingerprint density at radius 3 is 1.59 bits per heavy atom. The summed E-state index contributed by atoms with van der Waals surface area (Å²) >= 11 is 2.10. The number of carbonyl (C=O) groups is 3. The zero-order valence-corrected chi connectivity index (χ0v) is 32.6. The van der Waals surface area contributed by atoms with Crippen molar-refractivity contribution in [2.75, 3.05) is 20.2 Å². The van der Waals surface area contributed by atoms with Gasteiger partial charge in [-0.3, -0.25) is 4.79 Å². The van der Waals surface area contributed by atoms with Crippen molar-refractivity contribution in [3.8, 4) is 26.9 Å². The van der Waals surface area contributed by atoms with Crippen LogP contribution in [-0.2, 0) is 28.3 Å². The molecule has 0 aliphatic rings. The molecule has 0 bridgehead atoms. The molecule has 0 fully saturated rings. The number of carboxylic acid groups (broad SMARTS) is 1. The fraction of sp³-hybridized carbons (Fsp3) is 0.308. The van der Waals surface area contributed by atoms with E-state index in [1.165, 1.54) is 24.3 Å². The lowest BCUT2D eigenvalue weighted by Gasteiger charge is -2.24. The van der Waals surface area contributed by atoms with Crippen molar-refractivity contribution in [2.24, 2.45) is 0 Å². The predicted octanol–water partition coefficient (Wildman–Crippen LogP) is 10.0. The number of likely N-dealkylation sites (N-methyl/N-ethyl adjacent to an activating group) is 1. The Bertz CT molecular complexity index is 2140. The molecule has 3 aromatic carbocycles. The van der Waals surface area contributed by atoms with E-state index in [0.717, 1.165) is 52.5 Å². The van der Waals surface area contributed by atoms with E-state index in [9.17, 15) is 40.7 Å². The van der Waals surface area contributed by atoms with Gasteiger partial charge in [0.05, 0.1) is 29.1 Å². The lowest BCUT2D eigenvalue weighted by Crippen LogP contribution is -2.39. The van der Waals surface area contributed by atoms with Crippen molar-refractivity contribution in [1.82, 2.24) is 14.9 Å². The molecule has 1 amide bonds. The minimum absolute atomic E-state index is 0.0925. The Labute approximate surface area is 326 Å². The number of esters is 1. The Kier molecular flexibility index (Phi) is 13.7. The molecule has 5 rings (SSSR count). The van der Waals surface area contributed by atoms with Crippen molar-refractivity contribution in [3.63, 3.8) is 0 Å². The van der Waals surface area contributed by atoms with Crippen LogP contribution in [0.15, 0.2) is 72.8 Å². The van der Waals surface area contributed by atoms with Crippen LogP contribution < -0.4 is 4.74 Å². The van der Waals surface area contributed by atoms with Gasteiger partial charge in [0, 0.05) is 24.7 Å². The average Bonchev–Trinajstić information content (AvgIpc) is 3.73. The number of carbonyl (C=O) groups excluding carboxylic acids is 2. The van der Waals surface area contributed by atoms with Crippen molar-refractivity contribution in [2.45, 2.75) is 59.0 Å². The first-order valence-corrected chi connectivity index (χ1v) is 18.5. The van der Waals surface area contributed by atoms with Gasteiger partial charge in [0.15, 0.2) is 5.60 Å². The normalized spacial score (nSPS) is 11.7. The summed E-state index contributed by atoms with van der Waals surface area (Å²) in [6, 6.07) is 16.5. The van der Waals surface area contributed by atoms with Crippen LogP contribution in [0.25, 0.3) is 21.1 Å². The number of aryl methyl sites for hydroxylation is 2. The summed E-state index contributed by atoms with van der Waals surface area (Å²) in [5.41, 5.74) is 0.258. The van der Waals surface area contributed by atoms with Crippen LogP contribution in [0.5, 0.6) is 5.75 Å². The number of rotatable bonds is 11. The molecule has 0 unspecified atom stereocenters. The van der Waals surface area contributed by atoms with E-state index in [2.05, 4.69) is 9.97 Å². The number of aromatic nitrogens is 2. The molecule has 9 nitrogen and oxygen atoms in total. The van der Waals surface area contributed by atoms with Crippen LogP contribution >= 0.6 is 22.7 Å². The van der Waals surface area contributed by atoms with Gasteiger partial charge in [0.1, 0.15) is 25.5 Å². The SMILES string of the molecule is CCOC(=O)C(C)(C)Oc1ccc(CCN(C)C(=O)c2sc(-c3ccc(C(F)(F)F)cc3)nc2C)cc1.Cc1nc(-c2ccc(C(F)(F)F)cc2)sc1C(=O)O. The van der Waals surface area contributed by atoms with E-state index in [-0.39, 0.29) is 17.4 Å².